The van der Waals surface area contributed by atoms with Gasteiger partial charge in [-0.05, 0) is 36.8 Å². The van der Waals surface area contributed by atoms with E-state index in [1.807, 2.05) is 6.07 Å². The second-order valence-corrected chi connectivity index (χ2v) is 4.12. The Labute approximate surface area is 108 Å². The molecule has 0 aliphatic rings. The van der Waals surface area contributed by atoms with Crippen LogP contribution in [0.25, 0.3) is 22.9 Å². The highest BCUT2D eigenvalue weighted by atomic mass is 19.1. The minimum atomic E-state index is -0.293. The summed E-state index contributed by atoms with van der Waals surface area (Å²) in [6.07, 6.45) is 3.29. The molecule has 0 N–H and O–H groups in total. The molecule has 1 aromatic carbocycles. The van der Waals surface area contributed by atoms with E-state index in [2.05, 4.69) is 15.2 Å². The van der Waals surface area contributed by atoms with E-state index in [4.69, 9.17) is 4.42 Å². The molecule has 0 amide bonds. The largest absolute Gasteiger partial charge is 0.416 e. The van der Waals surface area contributed by atoms with Crippen molar-refractivity contribution >= 4 is 0 Å². The SMILES string of the molecule is Cc1ccc(-c2nnc(-c3cccnc3)o2)cc1F. The van der Waals surface area contributed by atoms with Gasteiger partial charge in [0.1, 0.15) is 5.82 Å². The molecule has 0 radical (unpaired) electrons. The highest BCUT2D eigenvalue weighted by Gasteiger charge is 2.11. The van der Waals surface area contributed by atoms with Crippen LogP contribution in [0.1, 0.15) is 5.56 Å². The van der Waals surface area contributed by atoms with Gasteiger partial charge in [-0.15, -0.1) is 10.2 Å². The van der Waals surface area contributed by atoms with E-state index in [1.54, 1.807) is 37.5 Å². The van der Waals surface area contributed by atoms with Crippen molar-refractivity contribution in [3.63, 3.8) is 0 Å². The molecule has 0 aliphatic heterocycles. The maximum atomic E-state index is 13.5. The number of halogens is 1. The molecule has 0 unspecified atom stereocenters. The van der Waals surface area contributed by atoms with Crippen LogP contribution in [0.5, 0.6) is 0 Å². The van der Waals surface area contributed by atoms with Crippen LogP contribution in [-0.2, 0) is 0 Å². The first-order chi connectivity index (χ1) is 9.24. The summed E-state index contributed by atoms with van der Waals surface area (Å²) in [7, 11) is 0. The summed E-state index contributed by atoms with van der Waals surface area (Å²) < 4.78 is 19.0. The van der Waals surface area contributed by atoms with E-state index in [9.17, 15) is 4.39 Å². The summed E-state index contributed by atoms with van der Waals surface area (Å²) in [5.41, 5.74) is 1.87. The van der Waals surface area contributed by atoms with E-state index in [0.717, 1.165) is 5.56 Å². The van der Waals surface area contributed by atoms with Crippen LogP contribution in [0, 0.1) is 12.7 Å². The summed E-state index contributed by atoms with van der Waals surface area (Å²) in [6, 6.07) is 8.41. The molecule has 0 saturated heterocycles. The molecule has 94 valence electrons. The average molecular weight is 255 g/mol. The monoisotopic (exact) mass is 255 g/mol. The Balaban J connectivity index is 1.99. The van der Waals surface area contributed by atoms with Crippen LogP contribution in [0.2, 0.25) is 0 Å². The Hall–Kier alpha value is -2.56. The fourth-order valence-corrected chi connectivity index (χ4v) is 1.67. The maximum absolute atomic E-state index is 13.5. The van der Waals surface area contributed by atoms with Crippen LogP contribution in [0.4, 0.5) is 4.39 Å². The van der Waals surface area contributed by atoms with Crippen molar-refractivity contribution < 1.29 is 8.81 Å². The lowest BCUT2D eigenvalue weighted by atomic mass is 10.1. The van der Waals surface area contributed by atoms with Gasteiger partial charge in [-0.2, -0.15) is 0 Å². The molecule has 0 bridgehead atoms. The molecule has 0 saturated carbocycles. The molecular formula is C14H10FN3O. The zero-order chi connectivity index (χ0) is 13.2. The quantitative estimate of drug-likeness (QED) is 0.705. The van der Waals surface area contributed by atoms with Crippen molar-refractivity contribution in [3.8, 4) is 22.9 Å². The van der Waals surface area contributed by atoms with E-state index in [-0.39, 0.29) is 11.7 Å². The Morgan fingerprint density at radius 1 is 1.05 bits per heavy atom. The summed E-state index contributed by atoms with van der Waals surface area (Å²) in [6.45, 7) is 1.70. The fourth-order valence-electron chi connectivity index (χ4n) is 1.67. The van der Waals surface area contributed by atoms with Crippen molar-refractivity contribution in [2.45, 2.75) is 6.92 Å². The normalized spacial score (nSPS) is 10.6. The first-order valence-corrected chi connectivity index (χ1v) is 5.74. The van der Waals surface area contributed by atoms with Gasteiger partial charge in [0.15, 0.2) is 0 Å². The van der Waals surface area contributed by atoms with Gasteiger partial charge in [0, 0.05) is 18.0 Å². The van der Waals surface area contributed by atoms with Gasteiger partial charge in [-0.25, -0.2) is 4.39 Å². The molecule has 3 rings (SSSR count). The van der Waals surface area contributed by atoms with Crippen molar-refractivity contribution in [2.24, 2.45) is 0 Å². The van der Waals surface area contributed by atoms with Gasteiger partial charge in [-0.1, -0.05) is 6.07 Å². The van der Waals surface area contributed by atoms with Crippen molar-refractivity contribution in [3.05, 3.63) is 54.1 Å². The Morgan fingerprint density at radius 2 is 1.84 bits per heavy atom. The van der Waals surface area contributed by atoms with Crippen LogP contribution in [0.15, 0.2) is 47.1 Å². The first kappa shape index (κ1) is 11.5. The fraction of sp³-hybridized carbons (Fsp3) is 0.0714. The molecule has 5 heteroatoms. The Morgan fingerprint density at radius 3 is 2.53 bits per heavy atom. The van der Waals surface area contributed by atoms with Crippen LogP contribution >= 0.6 is 0 Å². The molecule has 0 aliphatic carbocycles. The molecule has 0 atom stereocenters. The van der Waals surface area contributed by atoms with Gasteiger partial charge in [-0.3, -0.25) is 4.98 Å². The summed E-state index contributed by atoms with van der Waals surface area (Å²) in [4.78, 5) is 3.98. The number of pyridine rings is 1. The van der Waals surface area contributed by atoms with Crippen molar-refractivity contribution in [1.82, 2.24) is 15.2 Å². The van der Waals surface area contributed by atoms with Crippen LogP contribution in [-0.4, -0.2) is 15.2 Å². The first-order valence-electron chi connectivity index (χ1n) is 5.74. The molecule has 3 aromatic rings. The summed E-state index contributed by atoms with van der Waals surface area (Å²) in [5, 5.41) is 7.86. The smallest absolute Gasteiger partial charge is 0.249 e. The lowest BCUT2D eigenvalue weighted by Gasteiger charge is -1.98. The van der Waals surface area contributed by atoms with Crippen LogP contribution in [0.3, 0.4) is 0 Å². The van der Waals surface area contributed by atoms with E-state index in [1.165, 1.54) is 6.07 Å². The van der Waals surface area contributed by atoms with E-state index in [0.29, 0.717) is 17.0 Å². The molecule has 4 nitrogen and oxygen atoms in total. The standard InChI is InChI=1S/C14H10FN3O/c1-9-4-5-10(7-12(9)15)13-17-18-14(19-13)11-3-2-6-16-8-11/h2-8H,1H3. The molecule has 0 fully saturated rings. The highest BCUT2D eigenvalue weighted by molar-refractivity contribution is 5.57. The average Bonchev–Trinajstić information content (AvgIpc) is 2.93. The molecule has 19 heavy (non-hydrogen) atoms. The lowest BCUT2D eigenvalue weighted by Crippen LogP contribution is -1.84. The molecule has 0 spiro atoms. The number of hydrogen-bond acceptors (Lipinski definition) is 4. The number of benzene rings is 1. The number of hydrogen-bond donors (Lipinski definition) is 0. The number of rotatable bonds is 2. The van der Waals surface area contributed by atoms with Crippen molar-refractivity contribution in [2.75, 3.05) is 0 Å². The van der Waals surface area contributed by atoms with E-state index < -0.39 is 0 Å². The van der Waals surface area contributed by atoms with Crippen LogP contribution < -0.4 is 0 Å². The second kappa shape index (κ2) is 4.61. The third kappa shape index (κ3) is 2.22. The minimum Gasteiger partial charge on any atom is -0.416 e. The zero-order valence-electron chi connectivity index (χ0n) is 10.2. The predicted octanol–water partition coefficient (Wildman–Crippen LogP) is 3.25. The van der Waals surface area contributed by atoms with Gasteiger partial charge in [0.25, 0.3) is 0 Å². The number of aryl methyl sites for hydroxylation is 1. The molecule has 2 aromatic heterocycles. The van der Waals surface area contributed by atoms with E-state index >= 15 is 0 Å². The lowest BCUT2D eigenvalue weighted by molar-refractivity contribution is 0.581. The highest BCUT2D eigenvalue weighted by Crippen LogP contribution is 2.24. The number of nitrogens with zero attached hydrogens (tertiary/aromatic N) is 3. The maximum Gasteiger partial charge on any atom is 0.249 e. The van der Waals surface area contributed by atoms with Crippen molar-refractivity contribution in [1.29, 1.82) is 0 Å². The number of aromatic nitrogens is 3. The summed E-state index contributed by atoms with van der Waals surface area (Å²) in [5.74, 6) is 0.362. The molecular weight excluding hydrogens is 245 g/mol. The van der Waals surface area contributed by atoms with Gasteiger partial charge in [0.2, 0.25) is 11.8 Å². The van der Waals surface area contributed by atoms with Gasteiger partial charge in [0.05, 0.1) is 5.56 Å². The third-order valence-electron chi connectivity index (χ3n) is 2.75. The van der Waals surface area contributed by atoms with Gasteiger partial charge < -0.3 is 4.42 Å². The minimum absolute atomic E-state index is 0.290. The molecule has 2 heterocycles. The summed E-state index contributed by atoms with van der Waals surface area (Å²) >= 11 is 0. The Kier molecular flexibility index (Phi) is 2.79. The zero-order valence-corrected chi connectivity index (χ0v) is 10.2. The third-order valence-corrected chi connectivity index (χ3v) is 2.75. The predicted molar refractivity (Wildman–Crippen MR) is 67.7 cm³/mol. The second-order valence-electron chi connectivity index (χ2n) is 4.12. The van der Waals surface area contributed by atoms with Gasteiger partial charge >= 0.3 is 0 Å². The Bertz CT molecular complexity index is 710. The topological polar surface area (TPSA) is 51.8 Å².